The average molecular weight is 498 g/mol. The predicted octanol–water partition coefficient (Wildman–Crippen LogP) is 4.55. The number of ketones is 1. The quantitative estimate of drug-likeness (QED) is 0.194. The molecule has 4 unspecified atom stereocenters. The summed E-state index contributed by atoms with van der Waals surface area (Å²) in [6.07, 6.45) is 14.1. The van der Waals surface area contributed by atoms with E-state index in [1.165, 1.54) is 18.2 Å². The van der Waals surface area contributed by atoms with Gasteiger partial charge < -0.3 is 19.9 Å². The van der Waals surface area contributed by atoms with E-state index in [1.54, 1.807) is 24.3 Å². The van der Waals surface area contributed by atoms with E-state index >= 15 is 0 Å². The lowest BCUT2D eigenvalue weighted by molar-refractivity contribution is -0.151. The van der Waals surface area contributed by atoms with Gasteiger partial charge in [-0.2, -0.15) is 0 Å². The molecule has 0 spiro atoms. The molecule has 0 radical (unpaired) electrons. The molecule has 2 N–H and O–H groups in total. The number of nitrogens with one attached hydrogen (secondary N) is 1. The third kappa shape index (κ3) is 11.1. The number of rotatable bonds is 4. The average Bonchev–Trinajstić information content (AvgIpc) is 2.77. The van der Waals surface area contributed by atoms with Crippen molar-refractivity contribution in [3.05, 3.63) is 71.9 Å². The van der Waals surface area contributed by atoms with Gasteiger partial charge >= 0.3 is 5.97 Å². The summed E-state index contributed by atoms with van der Waals surface area (Å²) in [5, 5.41) is 13.1. The van der Waals surface area contributed by atoms with Crippen LogP contribution in [0.25, 0.3) is 0 Å². The molecule has 1 saturated heterocycles. The zero-order valence-electron chi connectivity index (χ0n) is 21.6. The molecule has 2 rings (SSSR count). The molecule has 196 valence electrons. The van der Waals surface area contributed by atoms with Gasteiger partial charge in [-0.05, 0) is 46.5 Å². The summed E-state index contributed by atoms with van der Waals surface area (Å²) in [6.45, 7) is 9.69. The van der Waals surface area contributed by atoms with Crippen molar-refractivity contribution in [2.75, 3.05) is 0 Å². The number of allylic oxidation sites excluding steroid dienone is 6. The highest BCUT2D eigenvalue weighted by molar-refractivity contribution is 5.88. The molecule has 7 heteroatoms. The van der Waals surface area contributed by atoms with Crippen LogP contribution >= 0.6 is 0 Å². The molecule has 2 bridgehead atoms. The fourth-order valence-electron chi connectivity index (χ4n) is 4.23. The van der Waals surface area contributed by atoms with Gasteiger partial charge in [-0.15, -0.1) is 0 Å². The van der Waals surface area contributed by atoms with E-state index < -0.39 is 24.2 Å². The fraction of sp³-hybridized carbons (Fsp3) is 0.483. The van der Waals surface area contributed by atoms with E-state index in [0.29, 0.717) is 19.3 Å². The Labute approximate surface area is 214 Å². The molecule has 0 aromatic carbocycles. The molecule has 2 heterocycles. The van der Waals surface area contributed by atoms with E-state index in [9.17, 15) is 19.5 Å². The maximum Gasteiger partial charge on any atom is 0.331 e. The zero-order chi connectivity index (χ0) is 26.5. The molecule has 0 saturated carbocycles. The van der Waals surface area contributed by atoms with Crippen molar-refractivity contribution in [3.8, 4) is 0 Å². The molecule has 4 atom stereocenters. The van der Waals surface area contributed by atoms with Gasteiger partial charge in [-0.3, -0.25) is 9.59 Å². The van der Waals surface area contributed by atoms with Crippen LogP contribution < -0.4 is 5.32 Å². The normalized spacial score (nSPS) is 26.1. The standard InChI is InChI=1S/C29H39NO6/c1-5-6-7-13-27(32)30-29(34)26-19-22(4)18-25-17-21(3)16-24(35-25)12-9-11-23(31)15-20(2)10-8-14-28(33)36-26/h5-8,10,13-14,18,24-26,29,34H,3,9,11-12,15-17,19H2,1-2,4H3,(H,30,32). The Hall–Kier alpha value is -3.03. The van der Waals surface area contributed by atoms with Crippen LogP contribution in [0.5, 0.6) is 0 Å². The van der Waals surface area contributed by atoms with Crippen LogP contribution in [0.1, 0.15) is 65.7 Å². The third-order valence-corrected chi connectivity index (χ3v) is 5.90. The summed E-state index contributed by atoms with van der Waals surface area (Å²) < 4.78 is 11.8. The van der Waals surface area contributed by atoms with E-state index in [4.69, 9.17) is 9.47 Å². The van der Waals surface area contributed by atoms with Crippen LogP contribution in [-0.4, -0.2) is 47.3 Å². The van der Waals surface area contributed by atoms with Crippen molar-refractivity contribution < 1.29 is 29.0 Å². The second kappa shape index (κ2) is 15.2. The van der Waals surface area contributed by atoms with Gasteiger partial charge in [0.05, 0.1) is 12.2 Å². The van der Waals surface area contributed by atoms with Gasteiger partial charge in [-0.1, -0.05) is 59.8 Å². The number of Topliss-reactive ketones (excluding diaryl/α,β-unsaturated/α-hetero) is 1. The molecule has 0 aromatic heterocycles. The minimum absolute atomic E-state index is 0.00554. The van der Waals surface area contributed by atoms with Crippen molar-refractivity contribution in [3.63, 3.8) is 0 Å². The number of esters is 1. The molecule has 0 aromatic rings. The van der Waals surface area contributed by atoms with Gasteiger partial charge in [0.1, 0.15) is 5.78 Å². The minimum atomic E-state index is -1.41. The number of hydrogen-bond acceptors (Lipinski definition) is 6. The molecule has 1 fully saturated rings. The molecule has 0 aliphatic carbocycles. The number of fused-ring (bicyclic) bond motifs is 2. The molecular formula is C29H39NO6. The van der Waals surface area contributed by atoms with Crippen LogP contribution in [0.3, 0.4) is 0 Å². The first-order valence-corrected chi connectivity index (χ1v) is 12.5. The van der Waals surface area contributed by atoms with Crippen molar-refractivity contribution in [2.24, 2.45) is 0 Å². The summed E-state index contributed by atoms with van der Waals surface area (Å²) in [6, 6.07) is 0. The maximum absolute atomic E-state index is 12.5. The number of aliphatic hydroxyl groups excluding tert-OH is 1. The van der Waals surface area contributed by atoms with Gasteiger partial charge in [0.2, 0.25) is 5.91 Å². The minimum Gasteiger partial charge on any atom is -0.454 e. The Morgan fingerprint density at radius 1 is 1.19 bits per heavy atom. The lowest BCUT2D eigenvalue weighted by atomic mass is 9.94. The third-order valence-electron chi connectivity index (χ3n) is 5.90. The molecule has 1 amide bonds. The van der Waals surface area contributed by atoms with Gasteiger partial charge in [0.25, 0.3) is 0 Å². The molecule has 7 nitrogen and oxygen atoms in total. The number of aliphatic hydroxyl groups is 1. The number of carbonyl (C=O) groups is 3. The van der Waals surface area contributed by atoms with Gasteiger partial charge in [0.15, 0.2) is 12.3 Å². The second-order valence-electron chi connectivity index (χ2n) is 9.47. The van der Waals surface area contributed by atoms with E-state index in [0.717, 1.165) is 36.0 Å². The topological polar surface area (TPSA) is 102 Å². The summed E-state index contributed by atoms with van der Waals surface area (Å²) in [4.78, 5) is 36.9. The zero-order valence-corrected chi connectivity index (χ0v) is 21.6. The summed E-state index contributed by atoms with van der Waals surface area (Å²) in [5.74, 6) is -1.03. The van der Waals surface area contributed by atoms with Crippen molar-refractivity contribution in [1.82, 2.24) is 5.32 Å². The predicted molar refractivity (Wildman–Crippen MR) is 140 cm³/mol. The summed E-state index contributed by atoms with van der Waals surface area (Å²) >= 11 is 0. The number of carbonyl (C=O) groups excluding carboxylic acids is 3. The SMILES string of the molecule is C=C1CC2C=C(C)CC(C(O)NC(=O)C=CC=CC)OC(=O)C=CC=C(C)CC(=O)CCCC(C1)O2. The van der Waals surface area contributed by atoms with E-state index in [-0.39, 0.29) is 24.4 Å². The Kier molecular flexibility index (Phi) is 12.3. The van der Waals surface area contributed by atoms with Gasteiger partial charge in [0, 0.05) is 31.4 Å². The highest BCUT2D eigenvalue weighted by Gasteiger charge is 2.27. The Morgan fingerprint density at radius 2 is 1.97 bits per heavy atom. The first-order chi connectivity index (χ1) is 17.2. The fourth-order valence-corrected chi connectivity index (χ4v) is 4.23. The van der Waals surface area contributed by atoms with Crippen molar-refractivity contribution >= 4 is 17.7 Å². The Balaban J connectivity index is 2.25. The molecule has 2 aliphatic rings. The molecule has 2 aliphatic heterocycles. The van der Waals surface area contributed by atoms with Crippen LogP contribution in [-0.2, 0) is 23.9 Å². The summed E-state index contributed by atoms with van der Waals surface area (Å²) in [5.41, 5.74) is 2.77. The number of hydrogen-bond donors (Lipinski definition) is 2. The number of ether oxygens (including phenoxy) is 2. The van der Waals surface area contributed by atoms with E-state index in [2.05, 4.69) is 11.9 Å². The summed E-state index contributed by atoms with van der Waals surface area (Å²) in [7, 11) is 0. The van der Waals surface area contributed by atoms with Crippen LogP contribution in [0.15, 0.2) is 71.9 Å². The highest BCUT2D eigenvalue weighted by Crippen LogP contribution is 2.28. The first-order valence-electron chi connectivity index (χ1n) is 12.5. The van der Waals surface area contributed by atoms with Gasteiger partial charge in [-0.25, -0.2) is 4.79 Å². The molecule has 36 heavy (non-hydrogen) atoms. The van der Waals surface area contributed by atoms with Crippen LogP contribution in [0.2, 0.25) is 0 Å². The van der Waals surface area contributed by atoms with Crippen molar-refractivity contribution in [2.45, 2.75) is 90.3 Å². The second-order valence-corrected chi connectivity index (χ2v) is 9.47. The van der Waals surface area contributed by atoms with Crippen LogP contribution in [0.4, 0.5) is 0 Å². The van der Waals surface area contributed by atoms with Crippen LogP contribution in [0, 0.1) is 0 Å². The maximum atomic E-state index is 12.5. The Bertz CT molecular complexity index is 955. The lowest BCUT2D eigenvalue weighted by Gasteiger charge is -2.31. The largest absolute Gasteiger partial charge is 0.454 e. The highest BCUT2D eigenvalue weighted by atomic mass is 16.6. The smallest absolute Gasteiger partial charge is 0.331 e. The van der Waals surface area contributed by atoms with E-state index in [1.807, 2.05) is 26.8 Å². The first kappa shape index (κ1) is 29.2. The Morgan fingerprint density at radius 3 is 2.72 bits per heavy atom. The van der Waals surface area contributed by atoms with Crippen molar-refractivity contribution in [1.29, 1.82) is 0 Å². The number of amides is 1. The molecular weight excluding hydrogens is 458 g/mol. The number of cyclic esters (lactones) is 1. The lowest BCUT2D eigenvalue weighted by Crippen LogP contribution is -2.44. The monoisotopic (exact) mass is 497 g/mol.